The van der Waals surface area contributed by atoms with Crippen LogP contribution in [0, 0.1) is 0 Å². The number of furan rings is 1. The predicted molar refractivity (Wildman–Crippen MR) is 103 cm³/mol. The largest absolute Gasteiger partial charge is 0.459 e. The van der Waals surface area contributed by atoms with Gasteiger partial charge in [-0.3, -0.25) is 14.5 Å². The zero-order valence-corrected chi connectivity index (χ0v) is 15.4. The van der Waals surface area contributed by atoms with E-state index in [0.29, 0.717) is 12.3 Å². The fourth-order valence-electron chi connectivity index (χ4n) is 3.95. The van der Waals surface area contributed by atoms with E-state index in [9.17, 15) is 9.59 Å². The van der Waals surface area contributed by atoms with Crippen LogP contribution in [0.5, 0.6) is 0 Å². The molecule has 4 rings (SSSR count). The molecule has 0 atom stereocenters. The van der Waals surface area contributed by atoms with Crippen LogP contribution < -0.4 is 10.6 Å². The average molecular weight is 367 g/mol. The molecule has 0 unspecified atom stereocenters. The van der Waals surface area contributed by atoms with Crippen LogP contribution in [0.4, 0.5) is 5.69 Å². The van der Waals surface area contributed by atoms with Gasteiger partial charge in [-0.25, -0.2) is 0 Å². The molecule has 2 aromatic rings. The van der Waals surface area contributed by atoms with Crippen molar-refractivity contribution in [1.82, 2.24) is 10.2 Å². The number of benzene rings is 1. The van der Waals surface area contributed by atoms with E-state index in [1.165, 1.54) is 23.8 Å². The number of nitrogens with one attached hydrogen (secondary N) is 2. The second-order valence-corrected chi connectivity index (χ2v) is 7.39. The standard InChI is InChI=1S/C21H25N3O3/c25-20(22-18-7-6-15-3-1-4-16(15)13-18)14-24-10-8-17(9-11-24)23-21(26)19-5-2-12-27-19/h2,5-7,12-13,17H,1,3-4,8-11,14H2,(H,22,25)(H,23,26). The fourth-order valence-corrected chi connectivity index (χ4v) is 3.95. The van der Waals surface area contributed by atoms with E-state index >= 15 is 0 Å². The van der Waals surface area contributed by atoms with Gasteiger partial charge in [0.05, 0.1) is 12.8 Å². The number of rotatable bonds is 5. The summed E-state index contributed by atoms with van der Waals surface area (Å²) in [6.45, 7) is 1.97. The minimum atomic E-state index is -0.173. The minimum absolute atomic E-state index is 0.0195. The van der Waals surface area contributed by atoms with Crippen molar-refractivity contribution in [2.75, 3.05) is 25.0 Å². The first-order valence-corrected chi connectivity index (χ1v) is 9.66. The number of hydrogen-bond donors (Lipinski definition) is 2. The summed E-state index contributed by atoms with van der Waals surface area (Å²) in [4.78, 5) is 26.5. The summed E-state index contributed by atoms with van der Waals surface area (Å²) in [6.07, 6.45) is 6.62. The van der Waals surface area contributed by atoms with Gasteiger partial charge in [0.25, 0.3) is 5.91 Å². The summed E-state index contributed by atoms with van der Waals surface area (Å²) in [5, 5.41) is 6.02. The van der Waals surface area contributed by atoms with Crippen molar-refractivity contribution in [1.29, 1.82) is 0 Å². The van der Waals surface area contributed by atoms with E-state index in [4.69, 9.17) is 4.42 Å². The van der Waals surface area contributed by atoms with Crippen molar-refractivity contribution in [3.8, 4) is 0 Å². The lowest BCUT2D eigenvalue weighted by Crippen LogP contribution is -2.46. The van der Waals surface area contributed by atoms with Crippen LogP contribution in [0.3, 0.4) is 0 Å². The number of hydrogen-bond acceptors (Lipinski definition) is 4. The first kappa shape index (κ1) is 17.8. The number of likely N-dealkylation sites (tertiary alicyclic amines) is 1. The highest BCUT2D eigenvalue weighted by atomic mass is 16.3. The Hall–Kier alpha value is -2.60. The number of carbonyl (C=O) groups is 2. The molecule has 27 heavy (non-hydrogen) atoms. The molecule has 0 bridgehead atoms. The zero-order valence-electron chi connectivity index (χ0n) is 15.4. The highest BCUT2D eigenvalue weighted by molar-refractivity contribution is 5.92. The summed E-state index contributed by atoms with van der Waals surface area (Å²) in [7, 11) is 0. The van der Waals surface area contributed by atoms with Crippen molar-refractivity contribution in [2.45, 2.75) is 38.1 Å². The van der Waals surface area contributed by atoms with Gasteiger partial charge in [-0.2, -0.15) is 0 Å². The molecule has 2 N–H and O–H groups in total. The molecule has 1 aromatic heterocycles. The number of aryl methyl sites for hydroxylation is 2. The van der Waals surface area contributed by atoms with E-state index in [1.807, 2.05) is 6.07 Å². The molecule has 2 amide bonds. The maximum absolute atomic E-state index is 12.4. The molecular weight excluding hydrogens is 342 g/mol. The second kappa shape index (κ2) is 7.96. The number of fused-ring (bicyclic) bond motifs is 1. The number of nitrogens with zero attached hydrogens (tertiary/aromatic N) is 1. The Morgan fingerprint density at radius 2 is 1.93 bits per heavy atom. The predicted octanol–water partition coefficient (Wildman–Crippen LogP) is 2.60. The van der Waals surface area contributed by atoms with Gasteiger partial charge in [-0.1, -0.05) is 6.07 Å². The van der Waals surface area contributed by atoms with Crippen molar-refractivity contribution in [3.05, 3.63) is 53.5 Å². The zero-order chi connectivity index (χ0) is 18.6. The topological polar surface area (TPSA) is 74.6 Å². The van der Waals surface area contributed by atoms with Gasteiger partial charge in [0.1, 0.15) is 0 Å². The Kier molecular flexibility index (Phi) is 5.25. The molecule has 0 spiro atoms. The summed E-state index contributed by atoms with van der Waals surface area (Å²) in [5.74, 6) is 0.185. The third-order valence-corrected chi connectivity index (χ3v) is 5.42. The van der Waals surface area contributed by atoms with E-state index in [0.717, 1.165) is 44.5 Å². The van der Waals surface area contributed by atoms with Gasteiger partial charge >= 0.3 is 0 Å². The van der Waals surface area contributed by atoms with Crippen LogP contribution in [0.15, 0.2) is 41.0 Å². The quantitative estimate of drug-likeness (QED) is 0.852. The Morgan fingerprint density at radius 3 is 2.70 bits per heavy atom. The molecule has 6 heteroatoms. The van der Waals surface area contributed by atoms with Crippen LogP contribution in [-0.4, -0.2) is 42.4 Å². The lowest BCUT2D eigenvalue weighted by Gasteiger charge is -2.31. The molecule has 0 radical (unpaired) electrons. The molecule has 2 heterocycles. The molecular formula is C21H25N3O3. The van der Waals surface area contributed by atoms with Crippen molar-refractivity contribution in [2.24, 2.45) is 0 Å². The Morgan fingerprint density at radius 1 is 1.11 bits per heavy atom. The molecule has 1 fully saturated rings. The molecule has 1 aromatic carbocycles. The lowest BCUT2D eigenvalue weighted by atomic mass is 10.0. The van der Waals surface area contributed by atoms with E-state index < -0.39 is 0 Å². The molecule has 142 valence electrons. The third kappa shape index (κ3) is 4.39. The Balaban J connectivity index is 1.22. The summed E-state index contributed by atoms with van der Waals surface area (Å²) in [6, 6.07) is 9.73. The highest BCUT2D eigenvalue weighted by Gasteiger charge is 2.23. The summed E-state index contributed by atoms with van der Waals surface area (Å²) >= 11 is 0. The van der Waals surface area contributed by atoms with Gasteiger partial charge in [0.15, 0.2) is 5.76 Å². The van der Waals surface area contributed by atoms with Crippen molar-refractivity contribution >= 4 is 17.5 Å². The van der Waals surface area contributed by atoms with E-state index in [1.54, 1.807) is 12.1 Å². The maximum atomic E-state index is 12.4. The molecule has 0 saturated carbocycles. The Bertz CT molecular complexity index is 808. The monoisotopic (exact) mass is 367 g/mol. The fraction of sp³-hybridized carbons (Fsp3) is 0.429. The second-order valence-electron chi connectivity index (χ2n) is 7.39. The average Bonchev–Trinajstić information content (AvgIpc) is 3.34. The van der Waals surface area contributed by atoms with Crippen LogP contribution in [0.25, 0.3) is 0 Å². The normalized spacial score (nSPS) is 17.5. The van der Waals surface area contributed by atoms with Gasteiger partial charge in [0.2, 0.25) is 5.91 Å². The SMILES string of the molecule is O=C(CN1CCC(NC(=O)c2ccco2)CC1)Nc1ccc2c(c1)CCC2. The first-order chi connectivity index (χ1) is 13.2. The van der Waals surface area contributed by atoms with Gasteiger partial charge in [0, 0.05) is 24.8 Å². The van der Waals surface area contributed by atoms with Crippen molar-refractivity contribution < 1.29 is 14.0 Å². The summed E-state index contributed by atoms with van der Waals surface area (Å²) < 4.78 is 5.12. The Labute approximate surface area is 158 Å². The van der Waals surface area contributed by atoms with Gasteiger partial charge in [-0.05, 0) is 67.5 Å². The number of carbonyl (C=O) groups excluding carboxylic acids is 2. The minimum Gasteiger partial charge on any atom is -0.459 e. The van der Waals surface area contributed by atoms with Gasteiger partial charge in [-0.15, -0.1) is 0 Å². The molecule has 6 nitrogen and oxygen atoms in total. The van der Waals surface area contributed by atoms with Crippen LogP contribution in [0.1, 0.15) is 40.9 Å². The van der Waals surface area contributed by atoms with Crippen LogP contribution >= 0.6 is 0 Å². The third-order valence-electron chi connectivity index (χ3n) is 5.42. The van der Waals surface area contributed by atoms with E-state index in [2.05, 4.69) is 27.7 Å². The summed E-state index contributed by atoms with van der Waals surface area (Å²) in [5.41, 5.74) is 3.66. The van der Waals surface area contributed by atoms with Gasteiger partial charge < -0.3 is 15.1 Å². The molecule has 1 aliphatic heterocycles. The van der Waals surface area contributed by atoms with Crippen LogP contribution in [0.2, 0.25) is 0 Å². The van der Waals surface area contributed by atoms with Crippen molar-refractivity contribution in [3.63, 3.8) is 0 Å². The first-order valence-electron chi connectivity index (χ1n) is 9.66. The molecule has 1 aliphatic carbocycles. The lowest BCUT2D eigenvalue weighted by molar-refractivity contribution is -0.117. The molecule has 1 saturated heterocycles. The smallest absolute Gasteiger partial charge is 0.287 e. The highest BCUT2D eigenvalue weighted by Crippen LogP contribution is 2.25. The number of piperidine rings is 1. The number of amides is 2. The molecule has 2 aliphatic rings. The van der Waals surface area contributed by atoms with E-state index in [-0.39, 0.29) is 17.9 Å². The maximum Gasteiger partial charge on any atom is 0.287 e. The number of anilines is 1. The van der Waals surface area contributed by atoms with Crippen LogP contribution in [-0.2, 0) is 17.6 Å².